The Labute approximate surface area is 110 Å². The lowest BCUT2D eigenvalue weighted by molar-refractivity contribution is 0.217. The number of anilines is 1. The molecule has 2 atom stereocenters. The van der Waals surface area contributed by atoms with Gasteiger partial charge in [-0.05, 0) is 45.5 Å². The lowest BCUT2D eigenvalue weighted by atomic mass is 10.2. The monoisotopic (exact) mass is 248 g/mol. The lowest BCUT2D eigenvalue weighted by Crippen LogP contribution is -2.23. The molecule has 2 unspecified atom stereocenters. The minimum Gasteiger partial charge on any atom is -0.491 e. The molecule has 0 aromatic heterocycles. The highest BCUT2D eigenvalue weighted by atomic mass is 16.5. The highest BCUT2D eigenvalue weighted by molar-refractivity contribution is 5.49. The van der Waals surface area contributed by atoms with Gasteiger partial charge in [-0.2, -0.15) is 0 Å². The van der Waals surface area contributed by atoms with Gasteiger partial charge in [-0.25, -0.2) is 0 Å². The van der Waals surface area contributed by atoms with Crippen LogP contribution in [0.5, 0.6) is 5.75 Å². The van der Waals surface area contributed by atoms with Gasteiger partial charge in [0.1, 0.15) is 5.75 Å². The number of benzene rings is 1. The molecule has 3 nitrogen and oxygen atoms in total. The Morgan fingerprint density at radius 1 is 1.50 bits per heavy atom. The molecule has 0 bridgehead atoms. The van der Waals surface area contributed by atoms with Crippen molar-refractivity contribution >= 4 is 5.69 Å². The first-order chi connectivity index (χ1) is 8.67. The van der Waals surface area contributed by atoms with Crippen LogP contribution in [0.25, 0.3) is 0 Å². The van der Waals surface area contributed by atoms with Gasteiger partial charge in [-0.15, -0.1) is 0 Å². The summed E-state index contributed by atoms with van der Waals surface area (Å²) in [7, 11) is 2.17. The van der Waals surface area contributed by atoms with Crippen LogP contribution in [0, 0.1) is 0 Å². The van der Waals surface area contributed by atoms with Crippen LogP contribution in [0.3, 0.4) is 0 Å². The molecule has 1 heterocycles. The van der Waals surface area contributed by atoms with Gasteiger partial charge < -0.3 is 15.0 Å². The van der Waals surface area contributed by atoms with Gasteiger partial charge >= 0.3 is 0 Å². The second kappa shape index (κ2) is 6.10. The van der Waals surface area contributed by atoms with Gasteiger partial charge in [-0.1, -0.05) is 13.0 Å². The van der Waals surface area contributed by atoms with Crippen LogP contribution in [-0.4, -0.2) is 37.2 Å². The molecule has 0 amide bonds. The standard InChI is InChI=1S/C15H24N2O/c1-4-12(2)18-15-7-5-6-13(10-15)16-14-8-9-17(3)11-14/h5-7,10,12,14,16H,4,8-9,11H2,1-3H3. The highest BCUT2D eigenvalue weighted by Crippen LogP contribution is 2.21. The summed E-state index contributed by atoms with van der Waals surface area (Å²) in [4.78, 5) is 2.36. The van der Waals surface area contributed by atoms with Crippen molar-refractivity contribution in [1.82, 2.24) is 4.90 Å². The number of hydrogen-bond donors (Lipinski definition) is 1. The molecule has 2 rings (SSSR count). The van der Waals surface area contributed by atoms with Crippen LogP contribution >= 0.6 is 0 Å². The van der Waals surface area contributed by atoms with Crippen LogP contribution in [0.1, 0.15) is 26.7 Å². The third kappa shape index (κ3) is 3.64. The quantitative estimate of drug-likeness (QED) is 0.867. The molecular formula is C15H24N2O. The molecule has 1 aromatic rings. The topological polar surface area (TPSA) is 24.5 Å². The Kier molecular flexibility index (Phi) is 4.48. The van der Waals surface area contributed by atoms with Gasteiger partial charge in [-0.3, -0.25) is 0 Å². The molecule has 0 saturated carbocycles. The minimum atomic E-state index is 0.276. The third-order valence-corrected chi connectivity index (χ3v) is 3.51. The number of ether oxygens (including phenoxy) is 1. The highest BCUT2D eigenvalue weighted by Gasteiger charge is 2.18. The average molecular weight is 248 g/mol. The Balaban J connectivity index is 1.94. The summed E-state index contributed by atoms with van der Waals surface area (Å²) in [6.45, 7) is 6.55. The van der Waals surface area contributed by atoms with E-state index in [1.54, 1.807) is 0 Å². The lowest BCUT2D eigenvalue weighted by Gasteiger charge is -2.17. The molecule has 18 heavy (non-hydrogen) atoms. The van der Waals surface area contributed by atoms with Crippen LogP contribution in [0.15, 0.2) is 24.3 Å². The van der Waals surface area contributed by atoms with Gasteiger partial charge in [0.25, 0.3) is 0 Å². The van der Waals surface area contributed by atoms with Crippen molar-refractivity contribution in [2.45, 2.75) is 38.8 Å². The van der Waals surface area contributed by atoms with Crippen LogP contribution in [-0.2, 0) is 0 Å². The van der Waals surface area contributed by atoms with E-state index in [0.717, 1.165) is 24.4 Å². The molecule has 3 heteroatoms. The van der Waals surface area contributed by atoms with E-state index in [4.69, 9.17) is 4.74 Å². The van der Waals surface area contributed by atoms with Crippen LogP contribution < -0.4 is 10.1 Å². The van der Waals surface area contributed by atoms with Gasteiger partial charge in [0, 0.05) is 24.3 Å². The maximum absolute atomic E-state index is 5.84. The van der Waals surface area contributed by atoms with Gasteiger partial charge in [0.2, 0.25) is 0 Å². The molecule has 1 aliphatic rings. The van der Waals surface area contributed by atoms with Crippen molar-refractivity contribution < 1.29 is 4.74 Å². The minimum absolute atomic E-state index is 0.276. The smallest absolute Gasteiger partial charge is 0.121 e. The Hall–Kier alpha value is -1.22. The molecule has 1 aromatic carbocycles. The SMILES string of the molecule is CCC(C)Oc1cccc(NC2CCN(C)C2)c1. The summed E-state index contributed by atoms with van der Waals surface area (Å²) >= 11 is 0. The van der Waals surface area contributed by atoms with E-state index >= 15 is 0 Å². The number of likely N-dealkylation sites (N-methyl/N-ethyl adjacent to an activating group) is 1. The predicted molar refractivity (Wildman–Crippen MR) is 76.3 cm³/mol. The Bertz CT molecular complexity index is 381. The molecular weight excluding hydrogens is 224 g/mol. The molecule has 100 valence electrons. The third-order valence-electron chi connectivity index (χ3n) is 3.51. The average Bonchev–Trinajstić information content (AvgIpc) is 2.75. The molecule has 1 aliphatic heterocycles. The maximum Gasteiger partial charge on any atom is 0.121 e. The molecule has 0 aliphatic carbocycles. The van der Waals surface area contributed by atoms with Crippen LogP contribution in [0.2, 0.25) is 0 Å². The zero-order valence-corrected chi connectivity index (χ0v) is 11.6. The Morgan fingerprint density at radius 3 is 3.00 bits per heavy atom. The molecule has 0 spiro atoms. The fourth-order valence-electron chi connectivity index (χ4n) is 2.26. The first-order valence-corrected chi connectivity index (χ1v) is 6.89. The summed E-state index contributed by atoms with van der Waals surface area (Å²) < 4.78 is 5.84. The summed E-state index contributed by atoms with van der Waals surface area (Å²) in [5, 5.41) is 3.58. The van der Waals surface area contributed by atoms with E-state index in [1.165, 1.54) is 13.0 Å². The summed E-state index contributed by atoms with van der Waals surface area (Å²) in [6.07, 6.45) is 2.52. The maximum atomic E-state index is 5.84. The zero-order chi connectivity index (χ0) is 13.0. The first-order valence-electron chi connectivity index (χ1n) is 6.89. The van der Waals surface area contributed by atoms with Crippen molar-refractivity contribution in [3.05, 3.63) is 24.3 Å². The molecule has 1 saturated heterocycles. The second-order valence-electron chi connectivity index (χ2n) is 5.26. The van der Waals surface area contributed by atoms with Crippen molar-refractivity contribution in [1.29, 1.82) is 0 Å². The van der Waals surface area contributed by atoms with Gasteiger partial charge in [0.05, 0.1) is 6.10 Å². The van der Waals surface area contributed by atoms with Crippen LogP contribution in [0.4, 0.5) is 5.69 Å². The molecule has 0 radical (unpaired) electrons. The second-order valence-corrected chi connectivity index (χ2v) is 5.26. The van der Waals surface area contributed by atoms with Crippen molar-refractivity contribution in [2.75, 3.05) is 25.5 Å². The fourth-order valence-corrected chi connectivity index (χ4v) is 2.26. The predicted octanol–water partition coefficient (Wildman–Crippen LogP) is 2.98. The number of rotatable bonds is 5. The normalized spacial score (nSPS) is 21.8. The van der Waals surface area contributed by atoms with Crippen molar-refractivity contribution in [3.63, 3.8) is 0 Å². The summed E-state index contributed by atoms with van der Waals surface area (Å²) in [5.74, 6) is 0.959. The summed E-state index contributed by atoms with van der Waals surface area (Å²) in [6, 6.07) is 8.86. The van der Waals surface area contributed by atoms with Crippen molar-refractivity contribution in [3.8, 4) is 5.75 Å². The van der Waals surface area contributed by atoms with E-state index in [1.807, 2.05) is 6.07 Å². The first kappa shape index (κ1) is 13.2. The number of nitrogens with one attached hydrogen (secondary N) is 1. The van der Waals surface area contributed by atoms with Crippen molar-refractivity contribution in [2.24, 2.45) is 0 Å². The number of likely N-dealkylation sites (tertiary alicyclic amines) is 1. The zero-order valence-electron chi connectivity index (χ0n) is 11.6. The van der Waals surface area contributed by atoms with E-state index in [2.05, 4.69) is 49.3 Å². The number of nitrogens with zero attached hydrogens (tertiary/aromatic N) is 1. The number of hydrogen-bond acceptors (Lipinski definition) is 3. The van der Waals surface area contributed by atoms with E-state index in [0.29, 0.717) is 6.04 Å². The van der Waals surface area contributed by atoms with Gasteiger partial charge in [0.15, 0.2) is 0 Å². The van der Waals surface area contributed by atoms with E-state index in [-0.39, 0.29) is 6.10 Å². The summed E-state index contributed by atoms with van der Waals surface area (Å²) in [5.41, 5.74) is 1.16. The fraction of sp³-hybridized carbons (Fsp3) is 0.600. The van der Waals surface area contributed by atoms with E-state index < -0.39 is 0 Å². The largest absolute Gasteiger partial charge is 0.491 e. The Morgan fingerprint density at radius 2 is 2.33 bits per heavy atom. The molecule has 1 fully saturated rings. The van der Waals surface area contributed by atoms with E-state index in [9.17, 15) is 0 Å². The molecule has 1 N–H and O–H groups in total.